The summed E-state index contributed by atoms with van der Waals surface area (Å²) >= 11 is 0. The Bertz CT molecular complexity index is 510. The summed E-state index contributed by atoms with van der Waals surface area (Å²) < 4.78 is 13.5. The largest absolute Gasteiger partial charge is 0.366 e. The minimum atomic E-state index is -0.671. The van der Waals surface area contributed by atoms with Crippen molar-refractivity contribution in [3.05, 3.63) is 29.6 Å². The van der Waals surface area contributed by atoms with Crippen molar-refractivity contribution in [2.75, 3.05) is 11.9 Å². The summed E-state index contributed by atoms with van der Waals surface area (Å²) in [5.74, 6) is -1.61. The average molecular weight is 281 g/mol. The first-order valence-electron chi connectivity index (χ1n) is 6.33. The van der Waals surface area contributed by atoms with Gasteiger partial charge in [0.2, 0.25) is 11.8 Å². The summed E-state index contributed by atoms with van der Waals surface area (Å²) in [4.78, 5) is 22.7. The van der Waals surface area contributed by atoms with E-state index in [0.717, 1.165) is 6.07 Å². The number of carbonyl (C=O) groups excluding carboxylic acids is 2. The van der Waals surface area contributed by atoms with Crippen molar-refractivity contribution >= 4 is 17.5 Å². The normalized spacial score (nSPS) is 11.2. The highest BCUT2D eigenvalue weighted by Gasteiger charge is 2.12. The van der Waals surface area contributed by atoms with Crippen LogP contribution in [0.5, 0.6) is 0 Å². The lowest BCUT2D eigenvalue weighted by Gasteiger charge is -2.20. The molecule has 0 radical (unpaired) electrons. The van der Waals surface area contributed by atoms with E-state index in [9.17, 15) is 14.0 Å². The third kappa shape index (κ3) is 5.36. The van der Waals surface area contributed by atoms with Gasteiger partial charge >= 0.3 is 0 Å². The highest BCUT2D eigenvalue weighted by atomic mass is 19.1. The van der Waals surface area contributed by atoms with Crippen LogP contribution in [0.25, 0.3) is 0 Å². The molecule has 0 aliphatic heterocycles. The van der Waals surface area contributed by atoms with Crippen molar-refractivity contribution < 1.29 is 14.0 Å². The van der Waals surface area contributed by atoms with Gasteiger partial charge in [0.15, 0.2) is 0 Å². The third-order valence-electron chi connectivity index (χ3n) is 2.53. The summed E-state index contributed by atoms with van der Waals surface area (Å²) in [7, 11) is 0. The lowest BCUT2D eigenvalue weighted by molar-refractivity contribution is -0.116. The Balaban J connectivity index is 2.62. The summed E-state index contributed by atoms with van der Waals surface area (Å²) in [5.41, 5.74) is 5.13. The molecule has 0 aliphatic carbocycles. The monoisotopic (exact) mass is 281 g/mol. The zero-order valence-electron chi connectivity index (χ0n) is 11.9. The second-order valence-electron chi connectivity index (χ2n) is 5.53. The number of nitrogens with one attached hydrogen (secondary N) is 2. The molecule has 0 saturated heterocycles. The quantitative estimate of drug-likeness (QED) is 0.767. The fraction of sp³-hybridized carbons (Fsp3) is 0.429. The SMILES string of the molecule is CC(C)(C)NCCC(=O)Nc1cc(C(N)=O)ccc1F. The number of hydrogen-bond acceptors (Lipinski definition) is 3. The number of amides is 2. The van der Waals surface area contributed by atoms with Crippen LogP contribution in [0.15, 0.2) is 18.2 Å². The van der Waals surface area contributed by atoms with Gasteiger partial charge in [-0.2, -0.15) is 0 Å². The van der Waals surface area contributed by atoms with Crippen LogP contribution < -0.4 is 16.4 Å². The number of carbonyl (C=O) groups is 2. The van der Waals surface area contributed by atoms with Crippen LogP contribution in [0.2, 0.25) is 0 Å². The highest BCUT2D eigenvalue weighted by Crippen LogP contribution is 2.16. The Morgan fingerprint density at radius 1 is 1.30 bits per heavy atom. The molecule has 0 atom stereocenters. The lowest BCUT2D eigenvalue weighted by atomic mass is 10.1. The Kier molecular flexibility index (Phi) is 5.21. The Morgan fingerprint density at radius 3 is 2.50 bits per heavy atom. The first-order chi connectivity index (χ1) is 9.19. The average Bonchev–Trinajstić information content (AvgIpc) is 2.30. The van der Waals surface area contributed by atoms with Crippen molar-refractivity contribution in [3.8, 4) is 0 Å². The first kappa shape index (κ1) is 16.1. The van der Waals surface area contributed by atoms with E-state index in [1.54, 1.807) is 0 Å². The molecule has 0 saturated carbocycles. The highest BCUT2D eigenvalue weighted by molar-refractivity contribution is 5.96. The summed E-state index contributed by atoms with van der Waals surface area (Å²) in [6, 6.07) is 3.60. The maximum absolute atomic E-state index is 13.5. The van der Waals surface area contributed by atoms with Gasteiger partial charge in [0.1, 0.15) is 5.82 Å². The van der Waals surface area contributed by atoms with Crippen LogP contribution in [-0.4, -0.2) is 23.9 Å². The minimum absolute atomic E-state index is 0.0398. The van der Waals surface area contributed by atoms with Crippen molar-refractivity contribution in [1.82, 2.24) is 5.32 Å². The molecule has 1 aromatic rings. The van der Waals surface area contributed by atoms with E-state index in [1.807, 2.05) is 20.8 Å². The van der Waals surface area contributed by atoms with E-state index < -0.39 is 11.7 Å². The molecule has 0 aliphatic rings. The van der Waals surface area contributed by atoms with Crippen LogP contribution in [0.3, 0.4) is 0 Å². The van der Waals surface area contributed by atoms with E-state index in [-0.39, 0.29) is 29.1 Å². The molecule has 0 fully saturated rings. The zero-order chi connectivity index (χ0) is 15.3. The topological polar surface area (TPSA) is 84.2 Å². The van der Waals surface area contributed by atoms with Crippen LogP contribution in [0, 0.1) is 5.82 Å². The van der Waals surface area contributed by atoms with Gasteiger partial charge in [-0.05, 0) is 39.0 Å². The fourth-order valence-corrected chi connectivity index (χ4v) is 1.54. The lowest BCUT2D eigenvalue weighted by Crippen LogP contribution is -2.37. The van der Waals surface area contributed by atoms with Gasteiger partial charge in [-0.3, -0.25) is 9.59 Å². The van der Waals surface area contributed by atoms with Crippen LogP contribution >= 0.6 is 0 Å². The van der Waals surface area contributed by atoms with Crippen molar-refractivity contribution in [1.29, 1.82) is 0 Å². The van der Waals surface area contributed by atoms with E-state index in [1.165, 1.54) is 12.1 Å². The van der Waals surface area contributed by atoms with Crippen LogP contribution in [-0.2, 0) is 4.79 Å². The molecule has 0 spiro atoms. The zero-order valence-corrected chi connectivity index (χ0v) is 11.9. The van der Waals surface area contributed by atoms with E-state index >= 15 is 0 Å². The Hall–Kier alpha value is -1.95. The molecule has 1 rings (SSSR count). The molecule has 20 heavy (non-hydrogen) atoms. The second-order valence-corrected chi connectivity index (χ2v) is 5.53. The second kappa shape index (κ2) is 6.47. The van der Waals surface area contributed by atoms with Gasteiger partial charge in [0.05, 0.1) is 5.69 Å². The summed E-state index contributed by atoms with van der Waals surface area (Å²) in [5, 5.41) is 5.58. The molecular formula is C14H20FN3O2. The standard InChI is InChI=1S/C14H20FN3O2/c1-14(2,3)17-7-6-12(19)18-11-8-9(13(16)20)4-5-10(11)15/h4-5,8,17H,6-7H2,1-3H3,(H2,16,20)(H,18,19). The Labute approximate surface area is 117 Å². The molecule has 1 aromatic carbocycles. The molecule has 6 heteroatoms. The van der Waals surface area contributed by atoms with Crippen molar-refractivity contribution in [2.45, 2.75) is 32.7 Å². The van der Waals surface area contributed by atoms with E-state index in [4.69, 9.17) is 5.73 Å². The van der Waals surface area contributed by atoms with E-state index in [0.29, 0.717) is 6.54 Å². The van der Waals surface area contributed by atoms with Gasteiger partial charge in [0, 0.05) is 24.1 Å². The number of hydrogen-bond donors (Lipinski definition) is 3. The van der Waals surface area contributed by atoms with Gasteiger partial charge in [-0.15, -0.1) is 0 Å². The van der Waals surface area contributed by atoms with Gasteiger partial charge in [-0.1, -0.05) is 0 Å². The number of nitrogens with two attached hydrogens (primary N) is 1. The summed E-state index contributed by atoms with van der Waals surface area (Å²) in [6.45, 7) is 6.44. The molecule has 2 amide bonds. The number of benzene rings is 1. The molecule has 0 aromatic heterocycles. The van der Waals surface area contributed by atoms with Crippen LogP contribution in [0.1, 0.15) is 37.6 Å². The number of primary amides is 1. The molecule has 4 N–H and O–H groups in total. The molecular weight excluding hydrogens is 261 g/mol. The van der Waals surface area contributed by atoms with Crippen molar-refractivity contribution in [3.63, 3.8) is 0 Å². The van der Waals surface area contributed by atoms with E-state index in [2.05, 4.69) is 10.6 Å². The number of anilines is 1. The number of halogens is 1. The van der Waals surface area contributed by atoms with Gasteiger partial charge in [0.25, 0.3) is 0 Å². The maximum atomic E-state index is 13.5. The third-order valence-corrected chi connectivity index (χ3v) is 2.53. The van der Waals surface area contributed by atoms with Gasteiger partial charge in [-0.25, -0.2) is 4.39 Å². The first-order valence-corrected chi connectivity index (χ1v) is 6.33. The minimum Gasteiger partial charge on any atom is -0.366 e. The molecule has 0 heterocycles. The fourth-order valence-electron chi connectivity index (χ4n) is 1.54. The molecule has 5 nitrogen and oxygen atoms in total. The predicted octanol–water partition coefficient (Wildman–Crippen LogP) is 1.64. The van der Waals surface area contributed by atoms with Gasteiger partial charge < -0.3 is 16.4 Å². The molecule has 110 valence electrons. The number of rotatable bonds is 5. The predicted molar refractivity (Wildman–Crippen MR) is 75.9 cm³/mol. The van der Waals surface area contributed by atoms with Crippen LogP contribution in [0.4, 0.5) is 10.1 Å². The summed E-state index contributed by atoms with van der Waals surface area (Å²) in [6.07, 6.45) is 0.206. The molecule has 0 unspecified atom stereocenters. The smallest absolute Gasteiger partial charge is 0.248 e. The maximum Gasteiger partial charge on any atom is 0.248 e. The van der Waals surface area contributed by atoms with Crippen molar-refractivity contribution in [2.24, 2.45) is 5.73 Å². The Morgan fingerprint density at radius 2 is 1.95 bits per heavy atom. The molecule has 0 bridgehead atoms.